The van der Waals surface area contributed by atoms with E-state index in [1.807, 2.05) is 0 Å². The highest BCUT2D eigenvalue weighted by atomic mass is 16.6. The van der Waals surface area contributed by atoms with Gasteiger partial charge in [-0.15, -0.1) is 0 Å². The van der Waals surface area contributed by atoms with Crippen molar-refractivity contribution in [1.29, 1.82) is 0 Å². The van der Waals surface area contributed by atoms with Crippen LogP contribution in [0.1, 0.15) is 47.5 Å². The fourth-order valence-electron chi connectivity index (χ4n) is 1.53. The van der Waals surface area contributed by atoms with Crippen molar-refractivity contribution in [1.82, 2.24) is 0 Å². The lowest BCUT2D eigenvalue weighted by molar-refractivity contribution is -0.140. The topological polar surface area (TPSA) is 61.8 Å². The fraction of sp³-hybridized carbons (Fsp3) is 0.556. The Morgan fingerprint density at radius 3 is 2.04 bits per heavy atom. The van der Waals surface area contributed by atoms with Crippen LogP contribution in [0.2, 0.25) is 0 Å². The van der Waals surface area contributed by atoms with Gasteiger partial charge in [0.05, 0.1) is 18.4 Å². The molecule has 5 nitrogen and oxygen atoms in total. The summed E-state index contributed by atoms with van der Waals surface area (Å²) in [7, 11) is 0. The minimum absolute atomic E-state index is 0.201. The standard InChI is InChI=1S/C18H26O5/c1-6-7-10-21-14-8-9-15(22-17(19)12(2)3)16(11-14)23-18(20)13(4)5/h8-9,11-13H,6-7,10H2,1-5H3. The molecule has 0 heterocycles. The molecular formula is C18H26O5. The molecule has 0 aliphatic rings. The highest BCUT2D eigenvalue weighted by Crippen LogP contribution is 2.33. The molecule has 5 heteroatoms. The van der Waals surface area contributed by atoms with E-state index in [2.05, 4.69) is 6.92 Å². The Morgan fingerprint density at radius 1 is 0.957 bits per heavy atom. The molecule has 0 saturated heterocycles. The van der Waals surface area contributed by atoms with Crippen LogP contribution in [0.5, 0.6) is 17.2 Å². The number of esters is 2. The molecule has 1 rings (SSSR count). The van der Waals surface area contributed by atoms with Gasteiger partial charge in [0.15, 0.2) is 11.5 Å². The second kappa shape index (κ2) is 9.18. The molecule has 0 amide bonds. The molecular weight excluding hydrogens is 296 g/mol. The summed E-state index contributed by atoms with van der Waals surface area (Å²) in [6, 6.07) is 4.87. The van der Waals surface area contributed by atoms with Gasteiger partial charge in [-0.3, -0.25) is 9.59 Å². The van der Waals surface area contributed by atoms with Crippen LogP contribution in [-0.2, 0) is 9.59 Å². The number of unbranched alkanes of at least 4 members (excludes halogenated alkanes) is 1. The monoisotopic (exact) mass is 322 g/mol. The van der Waals surface area contributed by atoms with Crippen molar-refractivity contribution >= 4 is 11.9 Å². The van der Waals surface area contributed by atoms with Gasteiger partial charge in [0.25, 0.3) is 0 Å². The summed E-state index contributed by atoms with van der Waals surface area (Å²) in [6.07, 6.45) is 1.96. The third kappa shape index (κ3) is 6.30. The number of carbonyl (C=O) groups is 2. The molecule has 0 radical (unpaired) electrons. The van der Waals surface area contributed by atoms with Gasteiger partial charge in [-0.05, 0) is 18.6 Å². The number of ether oxygens (including phenoxy) is 3. The lowest BCUT2D eigenvalue weighted by Crippen LogP contribution is -2.18. The summed E-state index contributed by atoms with van der Waals surface area (Å²) in [6.45, 7) is 9.62. The Kier molecular flexibility index (Phi) is 7.59. The highest BCUT2D eigenvalue weighted by Gasteiger charge is 2.18. The van der Waals surface area contributed by atoms with E-state index in [0.29, 0.717) is 12.4 Å². The average molecular weight is 322 g/mol. The predicted octanol–water partition coefficient (Wildman–Crippen LogP) is 3.99. The normalized spacial score (nSPS) is 10.7. The van der Waals surface area contributed by atoms with Crippen LogP contribution in [0, 0.1) is 11.8 Å². The first-order chi connectivity index (χ1) is 10.8. The summed E-state index contributed by atoms with van der Waals surface area (Å²) >= 11 is 0. The zero-order valence-electron chi connectivity index (χ0n) is 14.5. The molecule has 0 aliphatic heterocycles. The van der Waals surface area contributed by atoms with Crippen molar-refractivity contribution in [2.24, 2.45) is 11.8 Å². The van der Waals surface area contributed by atoms with E-state index in [1.54, 1.807) is 45.9 Å². The molecule has 0 aliphatic carbocycles. The van der Waals surface area contributed by atoms with Gasteiger partial charge >= 0.3 is 11.9 Å². The van der Waals surface area contributed by atoms with Crippen molar-refractivity contribution in [2.75, 3.05) is 6.61 Å². The molecule has 128 valence electrons. The smallest absolute Gasteiger partial charge is 0.313 e. The molecule has 0 fully saturated rings. The number of benzene rings is 1. The Balaban J connectivity index is 2.98. The predicted molar refractivity (Wildman–Crippen MR) is 87.8 cm³/mol. The van der Waals surface area contributed by atoms with Crippen LogP contribution in [0.4, 0.5) is 0 Å². The largest absolute Gasteiger partial charge is 0.493 e. The molecule has 0 N–H and O–H groups in total. The minimum Gasteiger partial charge on any atom is -0.493 e. The number of hydrogen-bond acceptors (Lipinski definition) is 5. The van der Waals surface area contributed by atoms with E-state index < -0.39 is 5.97 Å². The minimum atomic E-state index is -0.391. The molecule has 0 saturated carbocycles. The van der Waals surface area contributed by atoms with Crippen LogP contribution in [-0.4, -0.2) is 18.5 Å². The van der Waals surface area contributed by atoms with Gasteiger partial charge in [-0.2, -0.15) is 0 Å². The van der Waals surface area contributed by atoms with Gasteiger partial charge in [-0.25, -0.2) is 0 Å². The Bertz CT molecular complexity index is 534. The zero-order valence-corrected chi connectivity index (χ0v) is 14.5. The molecule has 0 aromatic heterocycles. The molecule has 1 aromatic rings. The van der Waals surface area contributed by atoms with E-state index in [4.69, 9.17) is 14.2 Å². The molecule has 23 heavy (non-hydrogen) atoms. The SMILES string of the molecule is CCCCOc1ccc(OC(=O)C(C)C)c(OC(=O)C(C)C)c1. The first-order valence-corrected chi connectivity index (χ1v) is 8.05. The van der Waals surface area contributed by atoms with Crippen LogP contribution in [0.3, 0.4) is 0 Å². The maximum atomic E-state index is 11.9. The van der Waals surface area contributed by atoms with Crippen LogP contribution in [0.25, 0.3) is 0 Å². The van der Waals surface area contributed by atoms with Gasteiger partial charge in [-0.1, -0.05) is 41.0 Å². The zero-order chi connectivity index (χ0) is 17.4. The number of rotatable bonds is 8. The van der Waals surface area contributed by atoms with Crippen molar-refractivity contribution in [3.05, 3.63) is 18.2 Å². The maximum absolute atomic E-state index is 11.9. The van der Waals surface area contributed by atoms with E-state index >= 15 is 0 Å². The quantitative estimate of drug-likeness (QED) is 0.411. The van der Waals surface area contributed by atoms with Gasteiger partial charge in [0, 0.05) is 6.07 Å². The Hall–Kier alpha value is -2.04. The van der Waals surface area contributed by atoms with E-state index in [-0.39, 0.29) is 29.3 Å². The van der Waals surface area contributed by atoms with Crippen LogP contribution >= 0.6 is 0 Å². The van der Waals surface area contributed by atoms with Crippen molar-refractivity contribution in [2.45, 2.75) is 47.5 Å². The summed E-state index contributed by atoms with van der Waals surface area (Å²) in [4.78, 5) is 23.6. The lowest BCUT2D eigenvalue weighted by Gasteiger charge is -2.14. The summed E-state index contributed by atoms with van der Waals surface area (Å²) in [5, 5.41) is 0. The maximum Gasteiger partial charge on any atom is 0.313 e. The molecule has 0 unspecified atom stereocenters. The second-order valence-corrected chi connectivity index (χ2v) is 5.96. The van der Waals surface area contributed by atoms with Gasteiger partial charge in [0.2, 0.25) is 0 Å². The van der Waals surface area contributed by atoms with Crippen molar-refractivity contribution in [3.63, 3.8) is 0 Å². The average Bonchev–Trinajstić information content (AvgIpc) is 2.49. The summed E-state index contributed by atoms with van der Waals surface area (Å²) in [5.74, 6) is -0.330. The Morgan fingerprint density at radius 2 is 1.52 bits per heavy atom. The third-order valence-electron chi connectivity index (χ3n) is 3.05. The molecule has 0 spiro atoms. The van der Waals surface area contributed by atoms with E-state index in [9.17, 15) is 9.59 Å². The first-order valence-electron chi connectivity index (χ1n) is 8.05. The first kappa shape index (κ1) is 19.0. The lowest BCUT2D eigenvalue weighted by atomic mass is 10.2. The summed E-state index contributed by atoms with van der Waals surface area (Å²) in [5.41, 5.74) is 0. The number of carbonyl (C=O) groups excluding carboxylic acids is 2. The fourth-order valence-corrected chi connectivity index (χ4v) is 1.53. The number of hydrogen-bond donors (Lipinski definition) is 0. The Labute approximate surface area is 137 Å². The summed E-state index contributed by atoms with van der Waals surface area (Å²) < 4.78 is 16.2. The second-order valence-electron chi connectivity index (χ2n) is 5.96. The van der Waals surface area contributed by atoms with E-state index in [0.717, 1.165) is 12.8 Å². The van der Waals surface area contributed by atoms with Crippen LogP contribution < -0.4 is 14.2 Å². The molecule has 0 atom stereocenters. The van der Waals surface area contributed by atoms with Crippen molar-refractivity contribution < 1.29 is 23.8 Å². The van der Waals surface area contributed by atoms with Crippen LogP contribution in [0.15, 0.2) is 18.2 Å². The molecule has 1 aromatic carbocycles. The van der Waals surface area contributed by atoms with Gasteiger partial charge in [0.1, 0.15) is 5.75 Å². The van der Waals surface area contributed by atoms with Gasteiger partial charge < -0.3 is 14.2 Å². The highest BCUT2D eigenvalue weighted by molar-refractivity contribution is 5.78. The molecule has 0 bridgehead atoms. The van der Waals surface area contributed by atoms with Crippen molar-refractivity contribution in [3.8, 4) is 17.2 Å². The van der Waals surface area contributed by atoms with E-state index in [1.165, 1.54) is 0 Å². The third-order valence-corrected chi connectivity index (χ3v) is 3.05.